The second kappa shape index (κ2) is 9.59. The summed E-state index contributed by atoms with van der Waals surface area (Å²) in [4.78, 5) is 0. The Morgan fingerprint density at radius 1 is 0.879 bits per heavy atom. The van der Waals surface area contributed by atoms with Crippen LogP contribution in [0.4, 0.5) is 26.3 Å². The van der Waals surface area contributed by atoms with Crippen molar-refractivity contribution in [3.63, 3.8) is 0 Å². The topological polar surface area (TPSA) is 9.23 Å². The molecule has 0 N–H and O–H groups in total. The predicted octanol–water partition coefficient (Wildman–Crippen LogP) is 8.58. The van der Waals surface area contributed by atoms with E-state index in [1.54, 1.807) is 12.1 Å². The van der Waals surface area contributed by atoms with Crippen molar-refractivity contribution >= 4 is 0 Å². The van der Waals surface area contributed by atoms with Gasteiger partial charge in [0.05, 0.1) is 0 Å². The highest BCUT2D eigenvalue weighted by molar-refractivity contribution is 5.65. The first-order chi connectivity index (χ1) is 15.7. The van der Waals surface area contributed by atoms with Crippen molar-refractivity contribution in [2.75, 3.05) is 0 Å². The monoisotopic (exact) mass is 470 g/mol. The second-order valence-electron chi connectivity index (χ2n) is 9.47. The molecule has 2 aliphatic rings. The van der Waals surface area contributed by atoms with E-state index >= 15 is 0 Å². The van der Waals surface area contributed by atoms with Gasteiger partial charge in [-0.15, -0.1) is 0 Å². The summed E-state index contributed by atoms with van der Waals surface area (Å²) in [7, 11) is 0. The van der Waals surface area contributed by atoms with Gasteiger partial charge in [-0.25, -0.2) is 8.78 Å². The van der Waals surface area contributed by atoms with Crippen molar-refractivity contribution in [3.8, 4) is 16.9 Å². The summed E-state index contributed by atoms with van der Waals surface area (Å²) >= 11 is 0. The van der Waals surface area contributed by atoms with Gasteiger partial charge in [-0.2, -0.15) is 17.6 Å². The van der Waals surface area contributed by atoms with Gasteiger partial charge in [0.15, 0.2) is 17.4 Å². The molecule has 4 rings (SSSR count). The van der Waals surface area contributed by atoms with Gasteiger partial charge in [-0.1, -0.05) is 44.0 Å². The third-order valence-corrected chi connectivity index (χ3v) is 7.50. The quantitative estimate of drug-likeness (QED) is 0.384. The smallest absolute Gasteiger partial charge is 0.422 e. The number of benzene rings is 2. The Bertz CT molecular complexity index is 935. The van der Waals surface area contributed by atoms with Crippen molar-refractivity contribution in [2.45, 2.75) is 70.3 Å². The number of halogens is 6. The Balaban J connectivity index is 1.46. The fourth-order valence-electron chi connectivity index (χ4n) is 5.61. The SMILES string of the molecule is CCC1CC[C@@H]2C[C@H](c3ccc(-c4cc(F)c(OC(F)(F)C(F)F)c(F)c4)cc3)CC[C@@H]2C1. The van der Waals surface area contributed by atoms with Crippen molar-refractivity contribution in [3.05, 3.63) is 53.6 Å². The van der Waals surface area contributed by atoms with Crippen LogP contribution in [-0.4, -0.2) is 12.5 Å². The van der Waals surface area contributed by atoms with E-state index in [2.05, 4.69) is 11.7 Å². The van der Waals surface area contributed by atoms with Crippen molar-refractivity contribution < 1.29 is 31.1 Å². The van der Waals surface area contributed by atoms with E-state index in [1.807, 2.05) is 12.1 Å². The Hall–Kier alpha value is -2.18. The highest BCUT2D eigenvalue weighted by Crippen LogP contribution is 2.48. The average molecular weight is 470 g/mol. The molecule has 2 aliphatic carbocycles. The van der Waals surface area contributed by atoms with E-state index < -0.39 is 29.9 Å². The van der Waals surface area contributed by atoms with Crippen LogP contribution in [0, 0.1) is 29.4 Å². The summed E-state index contributed by atoms with van der Waals surface area (Å²) in [5.41, 5.74) is 1.80. The van der Waals surface area contributed by atoms with Crippen LogP contribution in [0.15, 0.2) is 36.4 Å². The minimum Gasteiger partial charge on any atom is -0.422 e. The molecule has 1 nitrogen and oxygen atoms in total. The number of alkyl halides is 4. The molecule has 0 saturated heterocycles. The number of fused-ring (bicyclic) bond motifs is 1. The molecule has 7 heteroatoms. The minimum atomic E-state index is -4.99. The molecule has 0 radical (unpaired) electrons. The standard InChI is InChI=1S/C26H28F6O/c1-2-15-3-4-20-12-19(10-9-18(20)11-15)16-5-7-17(8-6-16)21-13-22(27)24(23(28)14-21)33-26(31,32)25(29)30/h5-8,13-15,18-20,25H,2-4,9-12H2,1H3/t15?,18-,19-,20-/m1/s1. The van der Waals surface area contributed by atoms with E-state index in [1.165, 1.54) is 37.7 Å². The first kappa shape index (κ1) is 24.0. The van der Waals surface area contributed by atoms with Crippen LogP contribution >= 0.6 is 0 Å². The molecule has 2 aromatic carbocycles. The predicted molar refractivity (Wildman–Crippen MR) is 115 cm³/mol. The normalized spacial score (nSPS) is 25.7. The molecule has 0 heterocycles. The van der Waals surface area contributed by atoms with Gasteiger partial charge in [-0.05, 0) is 84.6 Å². The Kier molecular flexibility index (Phi) is 6.96. The molecule has 2 saturated carbocycles. The van der Waals surface area contributed by atoms with Gasteiger partial charge in [0.1, 0.15) is 0 Å². The summed E-state index contributed by atoms with van der Waals surface area (Å²) in [6.45, 7) is 2.27. The Morgan fingerprint density at radius 2 is 1.48 bits per heavy atom. The third kappa shape index (κ3) is 5.17. The van der Waals surface area contributed by atoms with Crippen LogP contribution in [-0.2, 0) is 0 Å². The van der Waals surface area contributed by atoms with Crippen LogP contribution in [0.5, 0.6) is 5.75 Å². The van der Waals surface area contributed by atoms with Crippen LogP contribution in [0.25, 0.3) is 11.1 Å². The van der Waals surface area contributed by atoms with Crippen LogP contribution in [0.3, 0.4) is 0 Å². The van der Waals surface area contributed by atoms with Gasteiger partial charge in [-0.3, -0.25) is 0 Å². The van der Waals surface area contributed by atoms with Gasteiger partial charge in [0.25, 0.3) is 0 Å². The van der Waals surface area contributed by atoms with Crippen LogP contribution < -0.4 is 4.74 Å². The molecule has 180 valence electrons. The number of ether oxygens (including phenoxy) is 1. The van der Waals surface area contributed by atoms with Crippen molar-refractivity contribution in [1.82, 2.24) is 0 Å². The highest BCUT2D eigenvalue weighted by Gasteiger charge is 2.45. The molecule has 0 bridgehead atoms. The lowest BCUT2D eigenvalue weighted by atomic mass is 9.63. The zero-order valence-corrected chi connectivity index (χ0v) is 18.5. The van der Waals surface area contributed by atoms with E-state index in [0.717, 1.165) is 42.7 Å². The van der Waals surface area contributed by atoms with Gasteiger partial charge < -0.3 is 4.74 Å². The molecule has 33 heavy (non-hydrogen) atoms. The fraction of sp³-hybridized carbons (Fsp3) is 0.538. The summed E-state index contributed by atoms with van der Waals surface area (Å²) in [5, 5.41) is 0. The summed E-state index contributed by atoms with van der Waals surface area (Å²) in [6, 6.07) is 9.01. The fourth-order valence-corrected chi connectivity index (χ4v) is 5.61. The maximum absolute atomic E-state index is 14.2. The zero-order valence-electron chi connectivity index (χ0n) is 18.5. The molecule has 0 aliphatic heterocycles. The zero-order chi connectivity index (χ0) is 23.8. The van der Waals surface area contributed by atoms with Crippen molar-refractivity contribution in [1.29, 1.82) is 0 Å². The summed E-state index contributed by atoms with van der Waals surface area (Å²) in [6.07, 6.45) is -0.476. The second-order valence-corrected chi connectivity index (χ2v) is 9.47. The lowest BCUT2D eigenvalue weighted by molar-refractivity contribution is -0.255. The molecule has 0 spiro atoms. The maximum atomic E-state index is 14.2. The first-order valence-electron chi connectivity index (χ1n) is 11.6. The van der Waals surface area contributed by atoms with Crippen LogP contribution in [0.2, 0.25) is 0 Å². The van der Waals surface area contributed by atoms with Crippen LogP contribution in [0.1, 0.15) is 63.4 Å². The number of hydrogen-bond acceptors (Lipinski definition) is 1. The van der Waals surface area contributed by atoms with Gasteiger partial charge in [0.2, 0.25) is 0 Å². The molecule has 4 atom stereocenters. The van der Waals surface area contributed by atoms with E-state index in [0.29, 0.717) is 11.5 Å². The van der Waals surface area contributed by atoms with E-state index in [4.69, 9.17) is 0 Å². The van der Waals surface area contributed by atoms with Gasteiger partial charge >= 0.3 is 12.5 Å². The highest BCUT2D eigenvalue weighted by atomic mass is 19.3. The first-order valence-corrected chi connectivity index (χ1v) is 11.6. The lowest BCUT2D eigenvalue weighted by Gasteiger charge is -2.42. The Morgan fingerprint density at radius 3 is 2.09 bits per heavy atom. The van der Waals surface area contributed by atoms with Gasteiger partial charge in [0, 0.05) is 0 Å². The molecule has 0 aromatic heterocycles. The minimum absolute atomic E-state index is 0.117. The molecular formula is C26H28F6O. The van der Waals surface area contributed by atoms with E-state index in [9.17, 15) is 26.3 Å². The molecule has 2 aromatic rings. The lowest BCUT2D eigenvalue weighted by Crippen LogP contribution is -2.34. The molecule has 0 amide bonds. The molecular weight excluding hydrogens is 442 g/mol. The number of hydrogen-bond donors (Lipinski definition) is 0. The number of rotatable bonds is 6. The molecule has 1 unspecified atom stereocenters. The van der Waals surface area contributed by atoms with E-state index in [-0.39, 0.29) is 5.56 Å². The average Bonchev–Trinajstić information content (AvgIpc) is 2.80. The third-order valence-electron chi connectivity index (χ3n) is 7.50. The Labute approximate surface area is 190 Å². The largest absolute Gasteiger partial charge is 0.461 e. The maximum Gasteiger partial charge on any atom is 0.461 e. The van der Waals surface area contributed by atoms with Crippen molar-refractivity contribution in [2.24, 2.45) is 17.8 Å². The summed E-state index contributed by atoms with van der Waals surface area (Å²) < 4.78 is 82.8. The molecule has 2 fully saturated rings. The summed E-state index contributed by atoms with van der Waals surface area (Å²) in [5.74, 6) is -1.54.